The maximum Gasteiger partial charge on any atom is 0.307 e. The predicted octanol–water partition coefficient (Wildman–Crippen LogP) is 1.22. The van der Waals surface area contributed by atoms with Crippen LogP contribution < -0.4 is 5.32 Å². The van der Waals surface area contributed by atoms with Crippen molar-refractivity contribution in [3.63, 3.8) is 0 Å². The van der Waals surface area contributed by atoms with Crippen LogP contribution in [0.1, 0.15) is 45.4 Å². The molecule has 1 rings (SSSR count). The van der Waals surface area contributed by atoms with Crippen LogP contribution in [0.15, 0.2) is 0 Å². The molecule has 2 N–H and O–H groups in total. The van der Waals surface area contributed by atoms with Gasteiger partial charge < -0.3 is 15.2 Å². The third kappa shape index (κ3) is 4.49. The third-order valence-electron chi connectivity index (χ3n) is 3.26. The fraction of sp³-hybridized carbons (Fsp3) is 0.917. The van der Waals surface area contributed by atoms with Crippen molar-refractivity contribution in [1.29, 1.82) is 0 Å². The van der Waals surface area contributed by atoms with Gasteiger partial charge in [-0.25, -0.2) is 0 Å². The Labute approximate surface area is 97.4 Å². The molecule has 0 bridgehead atoms. The van der Waals surface area contributed by atoms with Crippen LogP contribution in [0.5, 0.6) is 0 Å². The fourth-order valence-electron chi connectivity index (χ4n) is 2.16. The van der Waals surface area contributed by atoms with Crippen LogP contribution in [-0.2, 0) is 9.53 Å². The zero-order valence-corrected chi connectivity index (χ0v) is 10.3. The second-order valence-electron chi connectivity index (χ2n) is 4.85. The van der Waals surface area contributed by atoms with Gasteiger partial charge in [0.1, 0.15) is 0 Å². The lowest BCUT2D eigenvalue weighted by atomic mass is 9.85. The average Bonchev–Trinajstić information content (AvgIpc) is 2.27. The number of carbonyl (C=O) groups excluding carboxylic acids is 1. The van der Waals surface area contributed by atoms with Gasteiger partial charge in [0.25, 0.3) is 0 Å². The molecule has 0 heterocycles. The van der Waals surface area contributed by atoms with Gasteiger partial charge in [-0.15, -0.1) is 0 Å². The SMILES string of the molecule is COC(=O)CC(C)NCC1(O)CCCCC1. The first-order valence-corrected chi connectivity index (χ1v) is 6.08. The zero-order valence-electron chi connectivity index (χ0n) is 10.3. The largest absolute Gasteiger partial charge is 0.469 e. The van der Waals surface area contributed by atoms with Crippen molar-refractivity contribution in [2.75, 3.05) is 13.7 Å². The number of esters is 1. The molecule has 1 fully saturated rings. The summed E-state index contributed by atoms with van der Waals surface area (Å²) in [4.78, 5) is 11.0. The molecule has 1 saturated carbocycles. The van der Waals surface area contributed by atoms with Gasteiger partial charge in [-0.3, -0.25) is 4.79 Å². The molecule has 1 aliphatic carbocycles. The predicted molar refractivity (Wildman–Crippen MR) is 62.1 cm³/mol. The maximum atomic E-state index is 11.0. The van der Waals surface area contributed by atoms with Crippen molar-refractivity contribution >= 4 is 5.97 Å². The van der Waals surface area contributed by atoms with E-state index in [-0.39, 0.29) is 12.0 Å². The molecule has 0 aromatic carbocycles. The van der Waals surface area contributed by atoms with E-state index in [2.05, 4.69) is 10.1 Å². The molecule has 0 radical (unpaired) electrons. The first kappa shape index (κ1) is 13.5. The van der Waals surface area contributed by atoms with E-state index in [1.165, 1.54) is 13.5 Å². The van der Waals surface area contributed by atoms with E-state index in [0.717, 1.165) is 25.7 Å². The van der Waals surface area contributed by atoms with Gasteiger partial charge in [-0.05, 0) is 19.8 Å². The summed E-state index contributed by atoms with van der Waals surface area (Å²) in [6.07, 6.45) is 5.51. The molecular formula is C12H23NO3. The average molecular weight is 229 g/mol. The minimum Gasteiger partial charge on any atom is -0.469 e. The van der Waals surface area contributed by atoms with Crippen molar-refractivity contribution in [2.24, 2.45) is 0 Å². The van der Waals surface area contributed by atoms with Crippen molar-refractivity contribution in [1.82, 2.24) is 5.32 Å². The molecule has 0 aromatic rings. The van der Waals surface area contributed by atoms with E-state index in [9.17, 15) is 9.90 Å². The first-order valence-electron chi connectivity index (χ1n) is 6.08. The molecule has 1 aliphatic rings. The summed E-state index contributed by atoms with van der Waals surface area (Å²) in [6, 6.07) is 0.0541. The zero-order chi connectivity index (χ0) is 12.0. The highest BCUT2D eigenvalue weighted by atomic mass is 16.5. The molecule has 0 saturated heterocycles. The summed E-state index contributed by atoms with van der Waals surface area (Å²) in [7, 11) is 1.39. The van der Waals surface area contributed by atoms with Gasteiger partial charge in [-0.1, -0.05) is 19.3 Å². The monoisotopic (exact) mass is 229 g/mol. The van der Waals surface area contributed by atoms with Crippen molar-refractivity contribution < 1.29 is 14.6 Å². The molecule has 16 heavy (non-hydrogen) atoms. The highest BCUT2D eigenvalue weighted by molar-refractivity contribution is 5.69. The van der Waals surface area contributed by atoms with Crippen LogP contribution in [0.4, 0.5) is 0 Å². The van der Waals surface area contributed by atoms with E-state index in [1.54, 1.807) is 0 Å². The molecule has 94 valence electrons. The van der Waals surface area contributed by atoms with Crippen molar-refractivity contribution in [2.45, 2.75) is 57.1 Å². The van der Waals surface area contributed by atoms with Gasteiger partial charge in [-0.2, -0.15) is 0 Å². The van der Waals surface area contributed by atoms with Crippen molar-refractivity contribution in [3.8, 4) is 0 Å². The summed E-state index contributed by atoms with van der Waals surface area (Å²) in [5.41, 5.74) is -0.567. The highest BCUT2D eigenvalue weighted by Gasteiger charge is 2.29. The minimum absolute atomic E-state index is 0.0541. The van der Waals surface area contributed by atoms with Gasteiger partial charge in [0, 0.05) is 12.6 Å². The van der Waals surface area contributed by atoms with Gasteiger partial charge in [0.15, 0.2) is 0 Å². The van der Waals surface area contributed by atoms with Crippen LogP contribution in [0.3, 0.4) is 0 Å². The number of methoxy groups -OCH3 is 1. The minimum atomic E-state index is -0.567. The smallest absolute Gasteiger partial charge is 0.307 e. The number of rotatable bonds is 5. The quantitative estimate of drug-likeness (QED) is 0.696. The highest BCUT2D eigenvalue weighted by Crippen LogP contribution is 2.27. The lowest BCUT2D eigenvalue weighted by Crippen LogP contribution is -2.45. The lowest BCUT2D eigenvalue weighted by Gasteiger charge is -2.33. The number of carbonyl (C=O) groups is 1. The Morgan fingerprint density at radius 2 is 2.06 bits per heavy atom. The Kier molecular flexibility index (Phi) is 5.22. The maximum absolute atomic E-state index is 11.0. The standard InChI is InChI=1S/C12H23NO3/c1-10(8-11(14)16-2)13-9-12(15)6-4-3-5-7-12/h10,13,15H,3-9H2,1-2H3. The van der Waals surface area contributed by atoms with E-state index < -0.39 is 5.60 Å². The number of ether oxygens (including phenoxy) is 1. The van der Waals surface area contributed by atoms with Crippen LogP contribution in [0.2, 0.25) is 0 Å². The fourth-order valence-corrected chi connectivity index (χ4v) is 2.16. The van der Waals surface area contributed by atoms with E-state index in [1.807, 2.05) is 6.92 Å². The number of hydrogen-bond acceptors (Lipinski definition) is 4. The Bertz CT molecular complexity index is 224. The van der Waals surface area contributed by atoms with Gasteiger partial charge in [0.2, 0.25) is 0 Å². The number of hydrogen-bond donors (Lipinski definition) is 2. The summed E-state index contributed by atoms with van der Waals surface area (Å²) in [5, 5.41) is 13.4. The van der Waals surface area contributed by atoms with Crippen LogP contribution in [-0.4, -0.2) is 36.4 Å². The molecule has 4 nitrogen and oxygen atoms in total. The Morgan fingerprint density at radius 3 is 2.62 bits per heavy atom. The second kappa shape index (κ2) is 6.21. The van der Waals surface area contributed by atoms with Crippen LogP contribution >= 0.6 is 0 Å². The molecule has 0 spiro atoms. The summed E-state index contributed by atoms with van der Waals surface area (Å²) in [6.45, 7) is 2.51. The Balaban J connectivity index is 2.24. The molecule has 1 unspecified atom stereocenters. The van der Waals surface area contributed by atoms with E-state index in [4.69, 9.17) is 0 Å². The van der Waals surface area contributed by atoms with Crippen molar-refractivity contribution in [3.05, 3.63) is 0 Å². The third-order valence-corrected chi connectivity index (χ3v) is 3.26. The molecule has 1 atom stereocenters. The van der Waals surface area contributed by atoms with E-state index in [0.29, 0.717) is 13.0 Å². The first-order chi connectivity index (χ1) is 7.56. The summed E-state index contributed by atoms with van der Waals surface area (Å²) < 4.78 is 4.60. The Hall–Kier alpha value is -0.610. The van der Waals surface area contributed by atoms with Crippen LogP contribution in [0.25, 0.3) is 0 Å². The molecular weight excluding hydrogens is 206 g/mol. The van der Waals surface area contributed by atoms with E-state index >= 15 is 0 Å². The summed E-state index contributed by atoms with van der Waals surface area (Å²) in [5.74, 6) is -0.212. The van der Waals surface area contributed by atoms with Gasteiger partial charge in [0.05, 0.1) is 19.1 Å². The number of nitrogens with one attached hydrogen (secondary N) is 1. The molecule has 0 aliphatic heterocycles. The van der Waals surface area contributed by atoms with Crippen LogP contribution in [0, 0.1) is 0 Å². The molecule has 4 heteroatoms. The van der Waals surface area contributed by atoms with Gasteiger partial charge >= 0.3 is 5.97 Å². The normalized spacial score (nSPS) is 21.4. The lowest BCUT2D eigenvalue weighted by molar-refractivity contribution is -0.141. The second-order valence-corrected chi connectivity index (χ2v) is 4.85. The molecule has 0 aromatic heterocycles. The topological polar surface area (TPSA) is 58.6 Å². The number of aliphatic hydroxyl groups is 1. The summed E-state index contributed by atoms with van der Waals surface area (Å²) >= 11 is 0. The molecule has 0 amide bonds. The Morgan fingerprint density at radius 1 is 1.44 bits per heavy atom.